The molecule has 198 valence electrons. The smallest absolute Gasteiger partial charge is 0.238 e. The van der Waals surface area contributed by atoms with E-state index in [1.54, 1.807) is 31.4 Å². The Kier molecular flexibility index (Phi) is 6.80. The van der Waals surface area contributed by atoms with Crippen molar-refractivity contribution in [3.8, 4) is 0 Å². The molecule has 2 aromatic rings. The zero-order valence-corrected chi connectivity index (χ0v) is 22.8. The van der Waals surface area contributed by atoms with Crippen molar-refractivity contribution in [2.24, 2.45) is 5.41 Å². The molecular weight excluding hydrogens is 516 g/mol. The van der Waals surface area contributed by atoms with Crippen molar-refractivity contribution in [1.82, 2.24) is 10.6 Å². The number of methoxy groups -OCH3 is 1. The van der Waals surface area contributed by atoms with Crippen LogP contribution in [0.5, 0.6) is 0 Å². The van der Waals surface area contributed by atoms with E-state index in [0.29, 0.717) is 35.5 Å². The number of fused-ring (bicyclic) bond motifs is 2. The maximum absolute atomic E-state index is 15.7. The summed E-state index contributed by atoms with van der Waals surface area (Å²) in [5.74, 6) is -2.02. The number of ether oxygens (including phenoxy) is 1. The van der Waals surface area contributed by atoms with Crippen LogP contribution in [-0.4, -0.2) is 43.2 Å². The number of hydrogen-bond acceptors (Lipinski definition) is 4. The summed E-state index contributed by atoms with van der Waals surface area (Å²) in [4.78, 5) is 27.9. The first kappa shape index (κ1) is 26.4. The SMILES string of the molecule is COC1CC(NC(=O)[C@@H]2N[C@H](CC(C)(C)C)[C@]3(C(=O)Nc4cc(Cl)ccc43)[C@H]2c2cccc(Cl)c2F)C1. The maximum Gasteiger partial charge on any atom is 0.238 e. The highest BCUT2D eigenvalue weighted by Gasteiger charge is 2.66. The van der Waals surface area contributed by atoms with Crippen molar-refractivity contribution < 1.29 is 18.7 Å². The molecule has 4 atom stereocenters. The summed E-state index contributed by atoms with van der Waals surface area (Å²) in [7, 11) is 1.66. The highest BCUT2D eigenvalue weighted by atomic mass is 35.5. The topological polar surface area (TPSA) is 79.5 Å². The van der Waals surface area contributed by atoms with E-state index in [0.717, 1.165) is 0 Å². The fourth-order valence-corrected chi connectivity index (χ4v) is 6.67. The normalized spacial score (nSPS) is 30.7. The number of anilines is 1. The average Bonchev–Trinajstić information content (AvgIpc) is 3.26. The van der Waals surface area contributed by atoms with E-state index in [1.165, 1.54) is 6.07 Å². The predicted octanol–water partition coefficient (Wildman–Crippen LogP) is 5.18. The van der Waals surface area contributed by atoms with Crippen molar-refractivity contribution >= 4 is 40.7 Å². The van der Waals surface area contributed by atoms with Gasteiger partial charge in [0.25, 0.3) is 0 Å². The Bertz CT molecular complexity index is 1240. The second-order valence-electron chi connectivity index (χ2n) is 11.6. The van der Waals surface area contributed by atoms with Crippen molar-refractivity contribution in [2.45, 2.75) is 75.6 Å². The summed E-state index contributed by atoms with van der Waals surface area (Å²) in [5, 5.41) is 10.0. The van der Waals surface area contributed by atoms with Gasteiger partial charge in [0.1, 0.15) is 11.2 Å². The van der Waals surface area contributed by atoms with Gasteiger partial charge in [-0.25, -0.2) is 4.39 Å². The molecule has 1 aliphatic carbocycles. The molecule has 2 fully saturated rings. The van der Waals surface area contributed by atoms with Crippen LogP contribution in [0.1, 0.15) is 57.1 Å². The van der Waals surface area contributed by atoms with Gasteiger partial charge in [-0.05, 0) is 54.0 Å². The van der Waals surface area contributed by atoms with E-state index < -0.39 is 29.2 Å². The Morgan fingerprint density at radius 2 is 1.95 bits per heavy atom. The number of carbonyl (C=O) groups excluding carboxylic acids is 2. The van der Waals surface area contributed by atoms with E-state index in [9.17, 15) is 9.59 Å². The first-order valence-corrected chi connectivity index (χ1v) is 13.4. The lowest BCUT2D eigenvalue weighted by atomic mass is 9.62. The second-order valence-corrected chi connectivity index (χ2v) is 12.5. The summed E-state index contributed by atoms with van der Waals surface area (Å²) >= 11 is 12.5. The fraction of sp³-hybridized carbons (Fsp3) is 0.500. The number of nitrogens with one attached hydrogen (secondary N) is 3. The average molecular weight is 548 g/mol. The Balaban J connectivity index is 1.67. The number of hydrogen-bond donors (Lipinski definition) is 3. The molecule has 1 spiro atoms. The highest BCUT2D eigenvalue weighted by Crippen LogP contribution is 2.57. The van der Waals surface area contributed by atoms with Crippen LogP contribution in [0.15, 0.2) is 36.4 Å². The van der Waals surface area contributed by atoms with Crippen molar-refractivity contribution in [3.05, 3.63) is 63.4 Å². The standard InChI is InChI=1S/C28H32Cl2FN3O3/c1-27(2,3)13-21-28(18-9-8-14(29)10-20(18)33-26(28)36)22(17-6-5-7-19(30)23(17)31)24(34-21)25(35)32-15-11-16(12-15)37-4/h5-10,15-16,21-22,24,34H,11-13H2,1-4H3,(H,32,35)(H,33,36)/t15?,16?,21-,22+,24-,28+/m1/s1. The third-order valence-corrected chi connectivity index (χ3v) is 8.52. The number of rotatable bonds is 5. The molecule has 0 bridgehead atoms. The minimum absolute atomic E-state index is 0.0368. The molecule has 1 saturated heterocycles. The molecule has 0 unspecified atom stereocenters. The van der Waals surface area contributed by atoms with Gasteiger partial charge in [-0.15, -0.1) is 0 Å². The van der Waals surface area contributed by atoms with Crippen molar-refractivity contribution in [1.29, 1.82) is 0 Å². The van der Waals surface area contributed by atoms with Crippen LogP contribution in [0, 0.1) is 11.2 Å². The first-order valence-electron chi connectivity index (χ1n) is 12.6. The summed E-state index contributed by atoms with van der Waals surface area (Å²) < 4.78 is 21.1. The fourth-order valence-electron chi connectivity index (χ4n) is 6.32. The van der Waals surface area contributed by atoms with Crippen LogP contribution >= 0.6 is 23.2 Å². The van der Waals surface area contributed by atoms with E-state index in [-0.39, 0.29) is 40.0 Å². The number of benzene rings is 2. The van der Waals surface area contributed by atoms with Gasteiger partial charge in [0.2, 0.25) is 11.8 Å². The summed E-state index contributed by atoms with van der Waals surface area (Å²) in [6.45, 7) is 6.25. The largest absolute Gasteiger partial charge is 0.381 e. The maximum atomic E-state index is 15.7. The van der Waals surface area contributed by atoms with Crippen LogP contribution in [-0.2, 0) is 19.7 Å². The first-order chi connectivity index (χ1) is 17.5. The minimum Gasteiger partial charge on any atom is -0.381 e. The zero-order valence-electron chi connectivity index (χ0n) is 21.3. The van der Waals surface area contributed by atoms with Gasteiger partial charge in [-0.1, -0.05) is 62.2 Å². The Hall–Kier alpha value is -2.19. The number of halogens is 3. The molecule has 3 N–H and O–H groups in total. The van der Waals surface area contributed by atoms with Crippen molar-refractivity contribution in [3.63, 3.8) is 0 Å². The third kappa shape index (κ3) is 4.44. The summed E-state index contributed by atoms with van der Waals surface area (Å²) in [5.41, 5.74) is 0.0655. The van der Waals surface area contributed by atoms with Gasteiger partial charge in [0.15, 0.2) is 0 Å². The Labute approximate surface area is 226 Å². The van der Waals surface area contributed by atoms with Gasteiger partial charge in [0, 0.05) is 35.8 Å². The minimum atomic E-state index is -1.25. The molecule has 2 aromatic carbocycles. The van der Waals surface area contributed by atoms with E-state index in [4.69, 9.17) is 27.9 Å². The molecule has 2 aliphatic heterocycles. The quantitative estimate of drug-likeness (QED) is 0.482. The van der Waals surface area contributed by atoms with E-state index in [1.807, 2.05) is 6.07 Å². The predicted molar refractivity (Wildman–Crippen MR) is 143 cm³/mol. The van der Waals surface area contributed by atoms with E-state index >= 15 is 4.39 Å². The van der Waals surface area contributed by atoms with Gasteiger partial charge >= 0.3 is 0 Å². The highest BCUT2D eigenvalue weighted by molar-refractivity contribution is 6.31. The summed E-state index contributed by atoms with van der Waals surface area (Å²) in [6, 6.07) is 8.65. The third-order valence-electron chi connectivity index (χ3n) is 8.00. The van der Waals surface area contributed by atoms with Crippen LogP contribution in [0.2, 0.25) is 10.0 Å². The second kappa shape index (κ2) is 9.53. The molecule has 0 radical (unpaired) electrons. The molecule has 1 saturated carbocycles. The lowest BCUT2D eigenvalue weighted by Gasteiger charge is -2.38. The Morgan fingerprint density at radius 1 is 1.22 bits per heavy atom. The molecule has 5 rings (SSSR count). The lowest BCUT2D eigenvalue weighted by Crippen LogP contribution is -2.53. The molecule has 3 aliphatic rings. The van der Waals surface area contributed by atoms with Gasteiger partial charge in [-0.3, -0.25) is 9.59 Å². The molecule has 37 heavy (non-hydrogen) atoms. The van der Waals surface area contributed by atoms with Gasteiger partial charge in [-0.2, -0.15) is 0 Å². The molecule has 9 heteroatoms. The molecule has 0 aromatic heterocycles. The van der Waals surface area contributed by atoms with Crippen LogP contribution < -0.4 is 16.0 Å². The number of amides is 2. The zero-order chi connectivity index (χ0) is 26.7. The number of carbonyl (C=O) groups is 2. The van der Waals surface area contributed by atoms with Crippen LogP contribution in [0.25, 0.3) is 0 Å². The molecular formula is C28H32Cl2FN3O3. The monoisotopic (exact) mass is 547 g/mol. The molecule has 2 heterocycles. The van der Waals surface area contributed by atoms with Crippen LogP contribution in [0.4, 0.5) is 10.1 Å². The van der Waals surface area contributed by atoms with Crippen molar-refractivity contribution in [2.75, 3.05) is 12.4 Å². The summed E-state index contributed by atoms with van der Waals surface area (Å²) in [6.07, 6.45) is 2.10. The van der Waals surface area contributed by atoms with Gasteiger partial charge in [0.05, 0.1) is 17.2 Å². The molecule has 6 nitrogen and oxygen atoms in total. The molecule has 2 amide bonds. The van der Waals surface area contributed by atoms with Gasteiger partial charge < -0.3 is 20.7 Å². The van der Waals surface area contributed by atoms with E-state index in [2.05, 4.69) is 36.7 Å². The lowest BCUT2D eigenvalue weighted by molar-refractivity contribution is -0.126. The Morgan fingerprint density at radius 3 is 2.62 bits per heavy atom. The van der Waals surface area contributed by atoms with Crippen LogP contribution in [0.3, 0.4) is 0 Å².